The van der Waals surface area contributed by atoms with Crippen molar-refractivity contribution in [2.45, 2.75) is 39.4 Å². The summed E-state index contributed by atoms with van der Waals surface area (Å²) in [7, 11) is -2.45. The first-order valence-corrected chi connectivity index (χ1v) is 12.6. The standard InChI is InChI=1S/C21H22Cl2FN2O5PS/c1-11(2)30-18-5-4-13(8-16(18)23)20-25-26-21(33-20)14-9-17(24)19(10-15(14)22)29-7-6-12(3)31-32(27)28/h4-5,8-12,27-28H,6-7H2,1-3H3. The molecule has 1 atom stereocenters. The van der Waals surface area contributed by atoms with Gasteiger partial charge in [-0.05, 0) is 45.0 Å². The predicted octanol–water partition coefficient (Wildman–Crippen LogP) is 6.49. The van der Waals surface area contributed by atoms with Crippen LogP contribution in [0.25, 0.3) is 21.1 Å². The van der Waals surface area contributed by atoms with E-state index in [1.807, 2.05) is 19.9 Å². The van der Waals surface area contributed by atoms with E-state index < -0.39 is 20.5 Å². The molecule has 1 unspecified atom stereocenters. The van der Waals surface area contributed by atoms with Crippen molar-refractivity contribution in [3.05, 3.63) is 46.2 Å². The van der Waals surface area contributed by atoms with Crippen molar-refractivity contribution in [1.82, 2.24) is 10.2 Å². The van der Waals surface area contributed by atoms with E-state index in [4.69, 9.17) is 47.0 Å². The molecule has 0 aliphatic heterocycles. The van der Waals surface area contributed by atoms with Crippen molar-refractivity contribution in [3.63, 3.8) is 0 Å². The van der Waals surface area contributed by atoms with Gasteiger partial charge < -0.3 is 23.8 Å². The van der Waals surface area contributed by atoms with Crippen LogP contribution < -0.4 is 9.47 Å². The maximum atomic E-state index is 14.6. The molecule has 0 radical (unpaired) electrons. The molecule has 0 saturated heterocycles. The Morgan fingerprint density at radius 2 is 1.76 bits per heavy atom. The monoisotopic (exact) mass is 534 g/mol. The fraction of sp³-hybridized carbons (Fsp3) is 0.333. The zero-order valence-corrected chi connectivity index (χ0v) is 21.2. The molecule has 1 heterocycles. The maximum Gasteiger partial charge on any atom is 0.327 e. The Labute approximate surface area is 206 Å². The van der Waals surface area contributed by atoms with Crippen molar-refractivity contribution < 1.29 is 28.2 Å². The van der Waals surface area contributed by atoms with Crippen LogP contribution >= 0.6 is 43.1 Å². The number of benzene rings is 2. The van der Waals surface area contributed by atoms with Crippen LogP contribution in [0.5, 0.6) is 11.5 Å². The number of halogens is 3. The van der Waals surface area contributed by atoms with E-state index in [2.05, 4.69) is 10.2 Å². The topological polar surface area (TPSA) is 93.9 Å². The highest BCUT2D eigenvalue weighted by Crippen LogP contribution is 2.38. The molecule has 0 amide bonds. The summed E-state index contributed by atoms with van der Waals surface area (Å²) in [5.41, 5.74) is 1.14. The lowest BCUT2D eigenvalue weighted by Gasteiger charge is -2.14. The van der Waals surface area contributed by atoms with E-state index in [0.29, 0.717) is 32.8 Å². The highest BCUT2D eigenvalue weighted by Gasteiger charge is 2.17. The van der Waals surface area contributed by atoms with Crippen molar-refractivity contribution >= 4 is 43.1 Å². The van der Waals surface area contributed by atoms with Crippen LogP contribution in [0.2, 0.25) is 10.0 Å². The summed E-state index contributed by atoms with van der Waals surface area (Å²) in [4.78, 5) is 17.7. The van der Waals surface area contributed by atoms with E-state index in [-0.39, 0.29) is 23.5 Å². The quantitative estimate of drug-likeness (QED) is 0.287. The molecule has 0 saturated carbocycles. The molecule has 12 heteroatoms. The van der Waals surface area contributed by atoms with E-state index in [0.717, 1.165) is 5.56 Å². The van der Waals surface area contributed by atoms with Crippen LogP contribution in [0.1, 0.15) is 27.2 Å². The second kappa shape index (κ2) is 11.7. The molecule has 0 fully saturated rings. The normalized spacial score (nSPS) is 12.4. The Morgan fingerprint density at radius 3 is 2.42 bits per heavy atom. The Balaban J connectivity index is 1.73. The van der Waals surface area contributed by atoms with Gasteiger partial charge in [0.1, 0.15) is 15.8 Å². The average Bonchev–Trinajstić information content (AvgIpc) is 3.21. The molecule has 178 valence electrons. The van der Waals surface area contributed by atoms with Gasteiger partial charge in [-0.3, -0.25) is 0 Å². The number of hydrogen-bond donors (Lipinski definition) is 2. The minimum Gasteiger partial charge on any atom is -0.490 e. The third-order valence-electron chi connectivity index (χ3n) is 4.27. The molecule has 7 nitrogen and oxygen atoms in total. The maximum absolute atomic E-state index is 14.6. The van der Waals surface area contributed by atoms with Crippen LogP contribution in [0, 0.1) is 5.82 Å². The SMILES string of the molecule is CC(C)Oc1ccc(-c2nnc(-c3cc(F)c(OCCC(C)OP(O)O)cc3Cl)s2)cc1Cl. The van der Waals surface area contributed by atoms with E-state index in [1.54, 1.807) is 19.1 Å². The zero-order valence-electron chi connectivity index (χ0n) is 18.0. The van der Waals surface area contributed by atoms with E-state index in [9.17, 15) is 4.39 Å². The lowest BCUT2D eigenvalue weighted by atomic mass is 10.2. The number of nitrogens with zero attached hydrogens (tertiary/aromatic N) is 2. The molecular weight excluding hydrogens is 513 g/mol. The van der Waals surface area contributed by atoms with Gasteiger partial charge in [0, 0.05) is 23.6 Å². The molecule has 0 spiro atoms. The van der Waals surface area contributed by atoms with Gasteiger partial charge >= 0.3 is 8.60 Å². The summed E-state index contributed by atoms with van der Waals surface area (Å²) in [5.74, 6) is -0.0525. The van der Waals surface area contributed by atoms with Gasteiger partial charge in [0.15, 0.2) is 11.6 Å². The first kappa shape index (κ1) is 26.0. The highest BCUT2D eigenvalue weighted by molar-refractivity contribution is 7.39. The Morgan fingerprint density at radius 1 is 1.03 bits per heavy atom. The summed E-state index contributed by atoms with van der Waals surface area (Å²) >= 11 is 13.9. The minimum atomic E-state index is -2.45. The summed E-state index contributed by atoms with van der Waals surface area (Å²) in [6.45, 7) is 5.59. The van der Waals surface area contributed by atoms with Crippen LogP contribution in [-0.4, -0.2) is 38.8 Å². The molecule has 0 bridgehead atoms. The molecular formula is C21H22Cl2FN2O5PS. The summed E-state index contributed by atoms with van der Waals surface area (Å²) < 4.78 is 30.5. The Bertz CT molecular complexity index is 1100. The van der Waals surface area contributed by atoms with Gasteiger partial charge in [-0.15, -0.1) is 10.2 Å². The van der Waals surface area contributed by atoms with Crippen molar-refractivity contribution in [2.24, 2.45) is 0 Å². The highest BCUT2D eigenvalue weighted by atomic mass is 35.5. The van der Waals surface area contributed by atoms with E-state index in [1.165, 1.54) is 23.5 Å². The smallest absolute Gasteiger partial charge is 0.327 e. The van der Waals surface area contributed by atoms with Gasteiger partial charge in [0.05, 0.1) is 28.9 Å². The van der Waals surface area contributed by atoms with Gasteiger partial charge in [-0.25, -0.2) is 4.39 Å². The number of aromatic nitrogens is 2. The van der Waals surface area contributed by atoms with Crippen LogP contribution in [0.15, 0.2) is 30.3 Å². The Hall–Kier alpha value is -1.58. The van der Waals surface area contributed by atoms with Gasteiger partial charge in [0.25, 0.3) is 0 Å². The molecule has 1 aromatic heterocycles. The number of ether oxygens (including phenoxy) is 2. The second-order valence-electron chi connectivity index (χ2n) is 7.29. The average molecular weight is 535 g/mol. The first-order chi connectivity index (χ1) is 15.6. The van der Waals surface area contributed by atoms with Crippen molar-refractivity contribution in [2.75, 3.05) is 6.61 Å². The minimum absolute atomic E-state index is 0.00331. The van der Waals surface area contributed by atoms with Crippen molar-refractivity contribution in [1.29, 1.82) is 0 Å². The Kier molecular flexibility index (Phi) is 9.24. The third kappa shape index (κ3) is 7.20. The van der Waals surface area contributed by atoms with Crippen LogP contribution in [0.4, 0.5) is 4.39 Å². The predicted molar refractivity (Wildman–Crippen MR) is 129 cm³/mol. The molecule has 3 rings (SSSR count). The third-order valence-corrected chi connectivity index (χ3v) is 6.44. The summed E-state index contributed by atoms with van der Waals surface area (Å²) in [6, 6.07) is 7.96. The summed E-state index contributed by atoms with van der Waals surface area (Å²) in [6.07, 6.45) is -0.123. The fourth-order valence-corrected chi connectivity index (χ4v) is 4.61. The molecule has 3 aromatic rings. The van der Waals surface area contributed by atoms with Gasteiger partial charge in [0.2, 0.25) is 0 Å². The molecule has 2 N–H and O–H groups in total. The summed E-state index contributed by atoms with van der Waals surface area (Å²) in [5, 5.41) is 10.1. The molecule has 0 aliphatic carbocycles. The van der Waals surface area contributed by atoms with Crippen LogP contribution in [-0.2, 0) is 4.52 Å². The lowest BCUT2D eigenvalue weighted by molar-refractivity contribution is 0.153. The van der Waals surface area contributed by atoms with E-state index >= 15 is 0 Å². The van der Waals surface area contributed by atoms with Crippen molar-refractivity contribution in [3.8, 4) is 32.6 Å². The lowest BCUT2D eigenvalue weighted by Crippen LogP contribution is -2.11. The largest absolute Gasteiger partial charge is 0.490 e. The number of hydrogen-bond acceptors (Lipinski definition) is 8. The molecule has 33 heavy (non-hydrogen) atoms. The van der Waals surface area contributed by atoms with Crippen LogP contribution in [0.3, 0.4) is 0 Å². The number of rotatable bonds is 10. The van der Waals surface area contributed by atoms with Gasteiger partial charge in [-0.1, -0.05) is 34.5 Å². The zero-order chi connectivity index (χ0) is 24.1. The fourth-order valence-electron chi connectivity index (χ4n) is 2.78. The second-order valence-corrected chi connectivity index (χ2v) is 9.80. The van der Waals surface area contributed by atoms with Gasteiger partial charge in [-0.2, -0.15) is 0 Å². The first-order valence-electron chi connectivity index (χ1n) is 9.91. The molecule has 2 aromatic carbocycles. The molecule has 0 aliphatic rings.